The van der Waals surface area contributed by atoms with Crippen molar-refractivity contribution < 1.29 is 29.2 Å². The average Bonchev–Trinajstić information content (AvgIpc) is 3.59. The average molecular weight is 691 g/mol. The van der Waals surface area contributed by atoms with Crippen LogP contribution in [0.15, 0.2) is 42.5 Å². The number of rotatable bonds is 14. The summed E-state index contributed by atoms with van der Waals surface area (Å²) >= 11 is 0. The second-order valence-corrected chi connectivity index (χ2v) is 14.3. The van der Waals surface area contributed by atoms with Gasteiger partial charge in [0.05, 0.1) is 5.94 Å². The molecule has 2 heterocycles. The summed E-state index contributed by atoms with van der Waals surface area (Å²) in [6.07, 6.45) is 10.2. The number of carbonyl (C=O) groups excluding carboxylic acids is 4. The Bertz CT molecular complexity index is 1450. The molecule has 0 radical (unpaired) electrons. The highest BCUT2D eigenvalue weighted by molar-refractivity contribution is 6.43. The van der Waals surface area contributed by atoms with E-state index < -0.39 is 31.1 Å². The van der Waals surface area contributed by atoms with Crippen LogP contribution in [-0.4, -0.2) is 108 Å². The molecule has 1 aliphatic carbocycles. The number of amides is 5. The maximum absolute atomic E-state index is 14.7. The first-order valence-electron chi connectivity index (χ1n) is 18.8. The summed E-state index contributed by atoms with van der Waals surface area (Å²) in [6, 6.07) is 11.4. The van der Waals surface area contributed by atoms with Gasteiger partial charge in [-0.25, -0.2) is 4.79 Å². The number of urea groups is 1. The fourth-order valence-corrected chi connectivity index (χ4v) is 7.93. The molecule has 0 aromatic heterocycles. The lowest BCUT2D eigenvalue weighted by molar-refractivity contribution is -0.140. The van der Waals surface area contributed by atoms with Crippen molar-refractivity contribution in [3.05, 3.63) is 48.0 Å². The molecule has 0 unspecified atom stereocenters. The summed E-state index contributed by atoms with van der Waals surface area (Å²) in [5.41, 5.74) is 0.480. The lowest BCUT2D eigenvalue weighted by atomic mass is 9.76. The smallest absolute Gasteiger partial charge is 0.426 e. The number of hydrogen-bond acceptors (Lipinski definition) is 7. The van der Waals surface area contributed by atoms with Gasteiger partial charge in [-0.05, 0) is 87.4 Å². The van der Waals surface area contributed by atoms with E-state index in [1.165, 1.54) is 6.42 Å². The van der Waals surface area contributed by atoms with Gasteiger partial charge in [-0.3, -0.25) is 19.3 Å². The number of piperidine rings is 1. The highest BCUT2D eigenvalue weighted by atomic mass is 16.4. The Morgan fingerprint density at radius 3 is 2.34 bits per heavy atom. The second-order valence-electron chi connectivity index (χ2n) is 14.3. The van der Waals surface area contributed by atoms with Crippen molar-refractivity contribution in [1.29, 1.82) is 0 Å². The van der Waals surface area contributed by atoms with Crippen LogP contribution in [0, 0.1) is 5.92 Å². The molecule has 1 saturated carbocycles. The molecule has 4 atom stereocenters. The summed E-state index contributed by atoms with van der Waals surface area (Å²) in [5.74, 6) is -1.71. The van der Waals surface area contributed by atoms with Crippen LogP contribution in [0.1, 0.15) is 94.3 Å². The van der Waals surface area contributed by atoms with E-state index in [0.717, 1.165) is 68.8 Å². The van der Waals surface area contributed by atoms with E-state index in [2.05, 4.69) is 26.2 Å². The molecular formula is C37H55BN6O6. The van der Waals surface area contributed by atoms with Gasteiger partial charge in [0.15, 0.2) is 0 Å². The number of fused-ring (bicyclic) bond motifs is 1. The minimum atomic E-state index is -1.81. The molecule has 5 amide bonds. The van der Waals surface area contributed by atoms with Crippen LogP contribution >= 0.6 is 0 Å². The van der Waals surface area contributed by atoms with E-state index in [0.29, 0.717) is 50.4 Å². The summed E-state index contributed by atoms with van der Waals surface area (Å²) in [5, 5.41) is 33.6. The third-order valence-electron chi connectivity index (χ3n) is 10.7. The van der Waals surface area contributed by atoms with E-state index >= 15 is 0 Å². The Balaban J connectivity index is 1.34. The predicted molar refractivity (Wildman–Crippen MR) is 194 cm³/mol. The number of nitrogens with zero attached hydrogens (tertiary/aromatic N) is 2. The van der Waals surface area contributed by atoms with Gasteiger partial charge in [0, 0.05) is 31.2 Å². The molecule has 272 valence electrons. The second kappa shape index (κ2) is 18.5. The van der Waals surface area contributed by atoms with Crippen molar-refractivity contribution in [2.24, 2.45) is 5.92 Å². The minimum Gasteiger partial charge on any atom is -0.426 e. The van der Waals surface area contributed by atoms with E-state index in [4.69, 9.17) is 0 Å². The van der Waals surface area contributed by atoms with Crippen molar-refractivity contribution in [2.75, 3.05) is 32.7 Å². The Kier molecular flexibility index (Phi) is 13.9. The summed E-state index contributed by atoms with van der Waals surface area (Å²) in [7, 11) is -1.81. The maximum Gasteiger partial charge on any atom is 0.475 e. The van der Waals surface area contributed by atoms with E-state index in [9.17, 15) is 29.2 Å². The molecule has 13 heteroatoms. The Morgan fingerprint density at radius 1 is 0.900 bits per heavy atom. The first kappa shape index (κ1) is 37.6. The molecule has 0 bridgehead atoms. The molecule has 0 spiro atoms. The molecule has 50 heavy (non-hydrogen) atoms. The van der Waals surface area contributed by atoms with Gasteiger partial charge >= 0.3 is 13.1 Å². The Hall–Kier alpha value is -3.68. The fourth-order valence-electron chi connectivity index (χ4n) is 7.93. The van der Waals surface area contributed by atoms with E-state index in [1.54, 1.807) is 11.0 Å². The summed E-state index contributed by atoms with van der Waals surface area (Å²) in [4.78, 5) is 58.2. The zero-order valence-corrected chi connectivity index (χ0v) is 29.4. The first-order chi connectivity index (χ1) is 24.2. The van der Waals surface area contributed by atoms with Gasteiger partial charge in [-0.2, -0.15) is 0 Å². The van der Waals surface area contributed by atoms with E-state index in [-0.39, 0.29) is 30.3 Å². The minimum absolute atomic E-state index is 0.0136. The summed E-state index contributed by atoms with van der Waals surface area (Å²) < 4.78 is 0. The van der Waals surface area contributed by atoms with Gasteiger partial charge in [0.2, 0.25) is 11.8 Å². The van der Waals surface area contributed by atoms with Crippen LogP contribution < -0.4 is 21.3 Å². The normalized spacial score (nSPS) is 21.3. The maximum atomic E-state index is 14.7. The van der Waals surface area contributed by atoms with E-state index in [1.807, 2.05) is 43.3 Å². The predicted octanol–water partition coefficient (Wildman–Crippen LogP) is 2.96. The standard InChI is InChI=1S/C37H55BN6O6/c1-2-39-37(48)40-19-11-16-33(38(49)50)42-35(46)32-24-30(43-20-9-4-10-21-43)25-44(32)36(47)31(22-26-12-5-3-6-13-26)41-34(45)29-18-17-27-14-7-8-15-28(27)23-29/h7-8,14-15,17-18,23,26,30-33,49-50H,2-6,9-13,16,19-22,24-25H2,1H3,(H,41,45)(H,42,46)(H2,39,40,48)/t30-,31-,32+,33+/m1/s1. The molecule has 3 fully saturated rings. The molecule has 3 aliphatic rings. The van der Waals surface area contributed by atoms with Gasteiger partial charge in [-0.1, -0.05) is 68.9 Å². The van der Waals surface area contributed by atoms with Crippen molar-refractivity contribution >= 4 is 41.6 Å². The van der Waals surface area contributed by atoms with Crippen LogP contribution in [-0.2, 0) is 9.59 Å². The lowest BCUT2D eigenvalue weighted by Crippen LogP contribution is -2.56. The molecule has 12 nitrogen and oxygen atoms in total. The van der Waals surface area contributed by atoms with Gasteiger partial charge in [0.25, 0.3) is 5.91 Å². The van der Waals surface area contributed by atoms with Crippen molar-refractivity contribution in [2.45, 2.75) is 108 Å². The topological polar surface area (TPSA) is 163 Å². The number of hydrogen-bond donors (Lipinski definition) is 6. The Morgan fingerprint density at radius 2 is 1.62 bits per heavy atom. The number of carbonyl (C=O) groups is 4. The number of nitrogens with one attached hydrogen (secondary N) is 4. The highest BCUT2D eigenvalue weighted by Gasteiger charge is 2.45. The molecule has 5 rings (SSSR count). The SMILES string of the molecule is CCNC(=O)NCCC[C@H](NC(=O)[C@@H]1C[C@@H](N2CCCCC2)CN1C(=O)[C@@H](CC1CCCCC1)NC(=O)c1ccc2ccccc2c1)B(O)O. The molecule has 2 aromatic carbocycles. The van der Waals surface area contributed by atoms with Gasteiger partial charge in [-0.15, -0.1) is 0 Å². The fraction of sp³-hybridized carbons (Fsp3) is 0.622. The van der Waals surface area contributed by atoms with Crippen molar-refractivity contribution in [3.8, 4) is 0 Å². The highest BCUT2D eigenvalue weighted by Crippen LogP contribution is 2.31. The van der Waals surface area contributed by atoms with Gasteiger partial charge in [0.1, 0.15) is 12.1 Å². The number of likely N-dealkylation sites (tertiary alicyclic amines) is 2. The largest absolute Gasteiger partial charge is 0.475 e. The van der Waals surface area contributed by atoms with Crippen molar-refractivity contribution in [3.63, 3.8) is 0 Å². The van der Waals surface area contributed by atoms with Crippen LogP contribution in [0.2, 0.25) is 0 Å². The molecule has 2 aliphatic heterocycles. The zero-order valence-electron chi connectivity index (χ0n) is 29.4. The Labute approximate surface area is 296 Å². The molecule has 2 aromatic rings. The van der Waals surface area contributed by atoms with Crippen molar-refractivity contribution in [1.82, 2.24) is 31.1 Å². The monoisotopic (exact) mass is 690 g/mol. The van der Waals surface area contributed by atoms with Gasteiger partial charge < -0.3 is 36.2 Å². The third-order valence-corrected chi connectivity index (χ3v) is 10.7. The zero-order chi connectivity index (χ0) is 35.5. The quantitative estimate of drug-likeness (QED) is 0.131. The van der Waals surface area contributed by atoms with Crippen LogP contribution in [0.4, 0.5) is 4.79 Å². The number of benzene rings is 2. The molecular weight excluding hydrogens is 635 g/mol. The lowest BCUT2D eigenvalue weighted by Gasteiger charge is -2.33. The summed E-state index contributed by atoms with van der Waals surface area (Å²) in [6.45, 7) is 4.78. The molecule has 6 N–H and O–H groups in total. The van der Waals surface area contributed by atoms with Crippen LogP contribution in [0.3, 0.4) is 0 Å². The first-order valence-corrected chi connectivity index (χ1v) is 18.8. The third kappa shape index (κ3) is 10.2. The van der Waals surface area contributed by atoms with Crippen LogP contribution in [0.25, 0.3) is 10.8 Å². The van der Waals surface area contributed by atoms with Crippen LogP contribution in [0.5, 0.6) is 0 Å². The molecule has 2 saturated heterocycles.